The second kappa shape index (κ2) is 20.3. The first-order valence-electron chi connectivity index (χ1n) is 20.7. The lowest BCUT2D eigenvalue weighted by Crippen LogP contribution is -2.64. The molecule has 1 saturated heterocycles. The van der Waals surface area contributed by atoms with Crippen molar-refractivity contribution in [3.8, 4) is 0 Å². The molecular weight excluding hydrogens is 726 g/mol. The predicted octanol–water partition coefficient (Wildman–Crippen LogP) is 6.24. The monoisotopic (exact) mass is 793 g/mol. The maximum Gasteiger partial charge on any atom is 0.407 e. The van der Waals surface area contributed by atoms with Crippen LogP contribution in [0.15, 0.2) is 11.1 Å². The maximum absolute atomic E-state index is 13.8. The van der Waals surface area contributed by atoms with Gasteiger partial charge in [-0.1, -0.05) is 77.6 Å². The number of ketones is 1. The summed E-state index contributed by atoms with van der Waals surface area (Å²) in [6, 6.07) is 0. The molecule has 2 fully saturated rings. The van der Waals surface area contributed by atoms with E-state index in [0.717, 1.165) is 84.0 Å². The Bertz CT molecular complexity index is 1450. The van der Waals surface area contributed by atoms with E-state index in [4.69, 9.17) is 23.7 Å². The molecule has 14 heteroatoms. The van der Waals surface area contributed by atoms with Crippen LogP contribution in [0, 0.1) is 5.92 Å². The number of amides is 1. The molecule has 0 spiro atoms. The Hall–Kier alpha value is -3.52. The Morgan fingerprint density at radius 3 is 1.88 bits per heavy atom. The van der Waals surface area contributed by atoms with Crippen LogP contribution < -0.4 is 5.32 Å². The average Bonchev–Trinajstić information content (AvgIpc) is 3.40. The van der Waals surface area contributed by atoms with Crippen LogP contribution >= 0.6 is 0 Å². The topological polar surface area (TPSA) is 201 Å². The Morgan fingerprint density at radius 2 is 1.34 bits per heavy atom. The predicted molar refractivity (Wildman–Crippen MR) is 205 cm³/mol. The van der Waals surface area contributed by atoms with Gasteiger partial charge in [0.15, 0.2) is 29.2 Å². The van der Waals surface area contributed by atoms with Gasteiger partial charge in [-0.05, 0) is 72.0 Å². The highest BCUT2D eigenvalue weighted by Crippen LogP contribution is 2.56. The number of hydrogen-bond donors (Lipinski definition) is 3. The van der Waals surface area contributed by atoms with E-state index >= 15 is 0 Å². The number of rotatable bonds is 21. The number of unbranched alkanes of at least 4 members (excludes halogenated alkanes) is 12. The van der Waals surface area contributed by atoms with Gasteiger partial charge in [0, 0.05) is 32.7 Å². The molecule has 0 unspecified atom stereocenters. The van der Waals surface area contributed by atoms with Crippen molar-refractivity contribution in [1.82, 2.24) is 5.32 Å². The fourth-order valence-corrected chi connectivity index (χ4v) is 8.19. The highest BCUT2D eigenvalue weighted by molar-refractivity contribution is 6.04. The first-order valence-corrected chi connectivity index (χ1v) is 20.7. The van der Waals surface area contributed by atoms with Gasteiger partial charge in [-0.25, -0.2) is 9.59 Å². The second-order valence-corrected chi connectivity index (χ2v) is 17.1. The van der Waals surface area contributed by atoms with Gasteiger partial charge in [0.1, 0.15) is 17.3 Å². The summed E-state index contributed by atoms with van der Waals surface area (Å²) in [5, 5.41) is 26.7. The van der Waals surface area contributed by atoms with E-state index in [-0.39, 0.29) is 24.0 Å². The normalized spacial score (nSPS) is 28.5. The summed E-state index contributed by atoms with van der Waals surface area (Å²) in [6.07, 6.45) is 6.96. The van der Waals surface area contributed by atoms with Crippen LogP contribution in [0.3, 0.4) is 0 Å². The molecule has 0 aromatic carbocycles. The number of alkyl carbamates (subject to hydrolysis) is 1. The maximum atomic E-state index is 13.8. The van der Waals surface area contributed by atoms with Crippen molar-refractivity contribution in [3.05, 3.63) is 11.1 Å². The van der Waals surface area contributed by atoms with E-state index in [2.05, 4.69) is 12.2 Å². The number of carbonyl (C=O) groups excluding carboxylic acids is 6. The summed E-state index contributed by atoms with van der Waals surface area (Å²) in [5.74, 6) is -5.05. The number of carbonyl (C=O) groups is 6. The van der Waals surface area contributed by atoms with Crippen LogP contribution in [-0.2, 0) is 47.7 Å². The molecule has 0 bridgehead atoms. The Balaban J connectivity index is 1.64. The zero-order valence-corrected chi connectivity index (χ0v) is 34.9. The van der Waals surface area contributed by atoms with Crippen LogP contribution in [0.1, 0.15) is 165 Å². The van der Waals surface area contributed by atoms with Crippen LogP contribution in [0.4, 0.5) is 4.79 Å². The van der Waals surface area contributed by atoms with Gasteiger partial charge in [-0.15, -0.1) is 0 Å². The molecule has 0 aromatic heterocycles. The number of nitrogens with one attached hydrogen (secondary N) is 1. The number of ether oxygens (including phenoxy) is 5. The largest absolute Gasteiger partial charge is 0.459 e. The third-order valence-electron chi connectivity index (χ3n) is 11.1. The molecule has 3 aliphatic rings. The van der Waals surface area contributed by atoms with Crippen LogP contribution in [0.2, 0.25) is 0 Å². The summed E-state index contributed by atoms with van der Waals surface area (Å²) in [6.45, 7) is 13.3. The summed E-state index contributed by atoms with van der Waals surface area (Å²) >= 11 is 0. The van der Waals surface area contributed by atoms with Crippen molar-refractivity contribution in [2.75, 3.05) is 6.54 Å². The second-order valence-electron chi connectivity index (χ2n) is 17.1. The Morgan fingerprint density at radius 1 is 0.821 bits per heavy atom. The summed E-state index contributed by atoms with van der Waals surface area (Å²) in [5.41, 5.74) is -7.33. The molecule has 3 N–H and O–H groups in total. The molecule has 0 aromatic rings. The van der Waals surface area contributed by atoms with E-state index in [1.54, 1.807) is 0 Å². The number of Topliss-reactive ketones (excluding diaryl/α,β-unsaturated/α-hetero) is 1. The zero-order chi connectivity index (χ0) is 41.9. The van der Waals surface area contributed by atoms with Crippen molar-refractivity contribution in [2.24, 2.45) is 5.92 Å². The lowest BCUT2D eigenvalue weighted by molar-refractivity contribution is -0.211. The van der Waals surface area contributed by atoms with Gasteiger partial charge in [0.2, 0.25) is 0 Å². The molecule has 1 heterocycles. The molecule has 1 aliphatic heterocycles. The van der Waals surface area contributed by atoms with Crippen molar-refractivity contribution >= 4 is 35.8 Å². The van der Waals surface area contributed by atoms with Gasteiger partial charge in [0.05, 0.1) is 5.92 Å². The summed E-state index contributed by atoms with van der Waals surface area (Å²) in [4.78, 5) is 77.7. The minimum Gasteiger partial charge on any atom is -0.459 e. The van der Waals surface area contributed by atoms with Gasteiger partial charge < -0.3 is 39.2 Å². The lowest BCUT2D eigenvalue weighted by Gasteiger charge is -2.41. The third kappa shape index (κ3) is 11.8. The molecule has 318 valence electrons. The molecule has 7 atom stereocenters. The first kappa shape index (κ1) is 46.9. The number of fused-ring (bicyclic) bond motifs is 3. The highest BCUT2D eigenvalue weighted by Gasteiger charge is 2.75. The van der Waals surface area contributed by atoms with E-state index in [1.807, 2.05) is 20.8 Å². The van der Waals surface area contributed by atoms with Crippen LogP contribution in [0.5, 0.6) is 0 Å². The highest BCUT2D eigenvalue weighted by atomic mass is 16.6. The van der Waals surface area contributed by atoms with Gasteiger partial charge in [-0.3, -0.25) is 19.2 Å². The molecule has 0 radical (unpaired) electrons. The van der Waals surface area contributed by atoms with Crippen molar-refractivity contribution in [3.63, 3.8) is 0 Å². The molecule has 2 aliphatic carbocycles. The quantitative estimate of drug-likeness (QED) is 0.0670. The standard InChI is InChI=1S/C42H67NO13/c1-9-10-11-17-20-24-31(46)53-35-33-32(27(2)34(35)47)36-42(51,41(8,50)37(48)54-36)29(26-40(33,7)55-28(3)44)52-30(45)23-21-18-15-13-12-14-16-19-22-25-43-38(49)56-39(4,5)6/h29,33,35-36,50-51H,9-26H2,1-8H3,(H,43,49)/t29-,33+,35-,36-,40-,41+,42-/m0/s1. The number of aliphatic hydroxyl groups is 2. The molecule has 14 nitrogen and oxygen atoms in total. The summed E-state index contributed by atoms with van der Waals surface area (Å²) < 4.78 is 28.4. The van der Waals surface area contributed by atoms with Crippen molar-refractivity contribution in [1.29, 1.82) is 0 Å². The van der Waals surface area contributed by atoms with Crippen molar-refractivity contribution < 1.29 is 62.7 Å². The number of esters is 4. The zero-order valence-electron chi connectivity index (χ0n) is 34.9. The van der Waals surface area contributed by atoms with E-state index in [1.165, 1.54) is 20.8 Å². The molecule has 1 saturated carbocycles. The van der Waals surface area contributed by atoms with Crippen molar-refractivity contribution in [2.45, 2.75) is 205 Å². The van der Waals surface area contributed by atoms with Gasteiger partial charge in [0.25, 0.3) is 0 Å². The lowest BCUT2D eigenvalue weighted by atomic mass is 9.75. The SMILES string of the molecule is CCCCCCCC(=O)O[C@@H]1C(=O)C(C)=C2[C@H]1[C@@](C)(OC(C)=O)C[C@H](OC(=O)CCCCCCCCCCCNC(=O)OC(C)(C)C)[C@]1(O)[C@H]2OC(=O)[C@@]1(C)O. The molecular formula is C42H67NO13. The number of hydrogen-bond acceptors (Lipinski definition) is 13. The van der Waals surface area contributed by atoms with Gasteiger partial charge >= 0.3 is 30.0 Å². The van der Waals surface area contributed by atoms with E-state index in [9.17, 15) is 39.0 Å². The van der Waals surface area contributed by atoms with E-state index in [0.29, 0.717) is 19.4 Å². The molecule has 1 amide bonds. The molecule has 3 rings (SSSR count). The Labute approximate surface area is 332 Å². The van der Waals surface area contributed by atoms with Crippen LogP contribution in [0.25, 0.3) is 0 Å². The summed E-state index contributed by atoms with van der Waals surface area (Å²) in [7, 11) is 0. The van der Waals surface area contributed by atoms with Gasteiger partial charge in [-0.2, -0.15) is 0 Å². The minimum atomic E-state index is -2.59. The fourth-order valence-electron chi connectivity index (χ4n) is 8.19. The molecule has 56 heavy (non-hydrogen) atoms. The fraction of sp³-hybridized carbons (Fsp3) is 0.810. The third-order valence-corrected chi connectivity index (χ3v) is 11.1. The minimum absolute atomic E-state index is 0.00868. The van der Waals surface area contributed by atoms with E-state index < -0.39 is 88.8 Å². The smallest absolute Gasteiger partial charge is 0.407 e. The Kier molecular flexibility index (Phi) is 16.9. The average molecular weight is 794 g/mol. The van der Waals surface area contributed by atoms with Crippen LogP contribution in [-0.4, -0.2) is 93.2 Å². The first-order chi connectivity index (χ1) is 26.2.